The van der Waals surface area contributed by atoms with Gasteiger partial charge in [0.2, 0.25) is 5.91 Å². The molecule has 0 aliphatic heterocycles. The zero-order valence-corrected chi connectivity index (χ0v) is 9.91. The molecule has 1 amide bonds. The first-order valence-electron chi connectivity index (χ1n) is 5.39. The van der Waals surface area contributed by atoms with Gasteiger partial charge in [-0.15, -0.1) is 0 Å². The Morgan fingerprint density at radius 1 is 1.47 bits per heavy atom. The standard InChI is InChI=1S/C12H16F2N2O/c1-8(15)3-6-12(17)16(2)11-7-9(13)4-5-10(11)14/h4-5,7-8H,3,6,15H2,1-2H3. The van der Waals surface area contributed by atoms with Crippen LogP contribution in [-0.4, -0.2) is 19.0 Å². The highest BCUT2D eigenvalue weighted by Crippen LogP contribution is 2.20. The molecule has 0 aliphatic carbocycles. The second-order valence-electron chi connectivity index (χ2n) is 4.06. The number of halogens is 2. The maximum atomic E-state index is 13.4. The molecule has 0 fully saturated rings. The maximum Gasteiger partial charge on any atom is 0.226 e. The maximum absolute atomic E-state index is 13.4. The number of hydrogen-bond donors (Lipinski definition) is 1. The van der Waals surface area contributed by atoms with Gasteiger partial charge in [0.1, 0.15) is 11.6 Å². The molecular weight excluding hydrogens is 226 g/mol. The molecule has 1 aromatic carbocycles. The molecule has 0 bridgehead atoms. The van der Waals surface area contributed by atoms with Gasteiger partial charge in [-0.25, -0.2) is 8.78 Å². The van der Waals surface area contributed by atoms with Gasteiger partial charge < -0.3 is 10.6 Å². The van der Waals surface area contributed by atoms with Crippen molar-refractivity contribution in [1.29, 1.82) is 0 Å². The molecule has 0 aromatic heterocycles. The first kappa shape index (κ1) is 13.6. The van der Waals surface area contributed by atoms with E-state index >= 15 is 0 Å². The summed E-state index contributed by atoms with van der Waals surface area (Å²) < 4.78 is 26.4. The number of carbonyl (C=O) groups excluding carboxylic acids is 1. The zero-order valence-electron chi connectivity index (χ0n) is 9.91. The minimum Gasteiger partial charge on any atom is -0.328 e. The van der Waals surface area contributed by atoms with Crippen LogP contribution in [0.15, 0.2) is 18.2 Å². The summed E-state index contributed by atoms with van der Waals surface area (Å²) in [6.45, 7) is 1.79. The van der Waals surface area contributed by atoms with Gasteiger partial charge in [0, 0.05) is 25.6 Å². The fourth-order valence-electron chi connectivity index (χ4n) is 1.40. The van der Waals surface area contributed by atoms with E-state index in [0.717, 1.165) is 23.1 Å². The lowest BCUT2D eigenvalue weighted by Gasteiger charge is -2.18. The van der Waals surface area contributed by atoms with Crippen molar-refractivity contribution in [3.05, 3.63) is 29.8 Å². The minimum absolute atomic E-state index is 0.0559. The Kier molecular flexibility index (Phi) is 4.57. The van der Waals surface area contributed by atoms with Gasteiger partial charge in [-0.2, -0.15) is 0 Å². The SMILES string of the molecule is CC(N)CCC(=O)N(C)c1cc(F)ccc1F. The lowest BCUT2D eigenvalue weighted by atomic mass is 10.1. The Morgan fingerprint density at radius 3 is 2.71 bits per heavy atom. The number of nitrogens with two attached hydrogens (primary N) is 1. The predicted molar refractivity (Wildman–Crippen MR) is 62.7 cm³/mol. The van der Waals surface area contributed by atoms with Gasteiger partial charge in [0.15, 0.2) is 0 Å². The largest absolute Gasteiger partial charge is 0.328 e. The van der Waals surface area contributed by atoms with E-state index in [9.17, 15) is 13.6 Å². The molecule has 17 heavy (non-hydrogen) atoms. The van der Waals surface area contributed by atoms with Crippen LogP contribution in [0.25, 0.3) is 0 Å². The average Bonchev–Trinajstić information content (AvgIpc) is 2.28. The number of anilines is 1. The molecule has 0 spiro atoms. The quantitative estimate of drug-likeness (QED) is 0.878. The van der Waals surface area contributed by atoms with Crippen molar-refractivity contribution < 1.29 is 13.6 Å². The number of benzene rings is 1. The summed E-state index contributed by atoms with van der Waals surface area (Å²) in [4.78, 5) is 12.8. The van der Waals surface area contributed by atoms with E-state index in [1.807, 2.05) is 0 Å². The number of amides is 1. The second kappa shape index (κ2) is 5.72. The molecule has 1 rings (SSSR count). The summed E-state index contributed by atoms with van der Waals surface area (Å²) >= 11 is 0. The molecule has 1 unspecified atom stereocenters. The van der Waals surface area contributed by atoms with E-state index in [1.165, 1.54) is 7.05 Å². The normalized spacial score (nSPS) is 12.3. The summed E-state index contributed by atoms with van der Waals surface area (Å²) in [5.41, 5.74) is 5.47. The summed E-state index contributed by atoms with van der Waals surface area (Å²) in [5.74, 6) is -1.48. The number of nitrogens with zero attached hydrogens (tertiary/aromatic N) is 1. The van der Waals surface area contributed by atoms with E-state index in [0.29, 0.717) is 6.42 Å². The lowest BCUT2D eigenvalue weighted by molar-refractivity contribution is -0.118. The molecule has 0 aliphatic rings. The van der Waals surface area contributed by atoms with Crippen LogP contribution in [0.3, 0.4) is 0 Å². The second-order valence-corrected chi connectivity index (χ2v) is 4.06. The van der Waals surface area contributed by atoms with Gasteiger partial charge >= 0.3 is 0 Å². The van der Waals surface area contributed by atoms with Crippen molar-refractivity contribution in [2.45, 2.75) is 25.8 Å². The van der Waals surface area contributed by atoms with Crippen molar-refractivity contribution in [2.24, 2.45) is 5.73 Å². The molecule has 0 radical (unpaired) electrons. The van der Waals surface area contributed by atoms with Crippen LogP contribution in [0, 0.1) is 11.6 Å². The number of hydrogen-bond acceptors (Lipinski definition) is 2. The zero-order chi connectivity index (χ0) is 13.0. The molecule has 3 nitrogen and oxygen atoms in total. The van der Waals surface area contributed by atoms with Crippen LogP contribution < -0.4 is 10.6 Å². The molecule has 5 heteroatoms. The van der Waals surface area contributed by atoms with Gasteiger partial charge in [-0.1, -0.05) is 0 Å². The monoisotopic (exact) mass is 242 g/mol. The van der Waals surface area contributed by atoms with Crippen LogP contribution in [0.1, 0.15) is 19.8 Å². The fraction of sp³-hybridized carbons (Fsp3) is 0.417. The van der Waals surface area contributed by atoms with Crippen molar-refractivity contribution in [3.63, 3.8) is 0 Å². The predicted octanol–water partition coefficient (Wildman–Crippen LogP) is 2.05. The number of rotatable bonds is 4. The molecule has 2 N–H and O–H groups in total. The molecule has 1 atom stereocenters. The fourth-order valence-corrected chi connectivity index (χ4v) is 1.40. The average molecular weight is 242 g/mol. The minimum atomic E-state index is -0.622. The first-order chi connectivity index (χ1) is 7.91. The van der Waals surface area contributed by atoms with Crippen molar-refractivity contribution in [3.8, 4) is 0 Å². The topological polar surface area (TPSA) is 46.3 Å². The van der Waals surface area contributed by atoms with Crippen LogP contribution in [0.5, 0.6) is 0 Å². The highest BCUT2D eigenvalue weighted by molar-refractivity contribution is 5.92. The Labute approximate surface area is 99.2 Å². The molecular formula is C12H16F2N2O. The third-order valence-electron chi connectivity index (χ3n) is 2.46. The van der Waals surface area contributed by atoms with Crippen LogP contribution >= 0.6 is 0 Å². The van der Waals surface area contributed by atoms with E-state index in [4.69, 9.17) is 5.73 Å². The van der Waals surface area contributed by atoms with Crippen LogP contribution in [0.4, 0.5) is 14.5 Å². The molecule has 0 saturated carbocycles. The molecule has 1 aromatic rings. The smallest absolute Gasteiger partial charge is 0.226 e. The summed E-state index contributed by atoms with van der Waals surface area (Å²) in [7, 11) is 1.42. The van der Waals surface area contributed by atoms with Gasteiger partial charge in [0.05, 0.1) is 5.69 Å². The summed E-state index contributed by atoms with van der Waals surface area (Å²) in [6, 6.07) is 2.92. The highest BCUT2D eigenvalue weighted by Gasteiger charge is 2.15. The third kappa shape index (κ3) is 3.78. The van der Waals surface area contributed by atoms with E-state index in [1.54, 1.807) is 6.92 Å². The van der Waals surface area contributed by atoms with Crippen LogP contribution in [0.2, 0.25) is 0 Å². The van der Waals surface area contributed by atoms with Crippen molar-refractivity contribution in [1.82, 2.24) is 0 Å². The van der Waals surface area contributed by atoms with Crippen molar-refractivity contribution >= 4 is 11.6 Å². The highest BCUT2D eigenvalue weighted by atomic mass is 19.1. The molecule has 94 valence electrons. The number of carbonyl (C=O) groups is 1. The van der Waals surface area contributed by atoms with Gasteiger partial charge in [-0.05, 0) is 25.5 Å². The molecule has 0 saturated heterocycles. The third-order valence-corrected chi connectivity index (χ3v) is 2.46. The van der Waals surface area contributed by atoms with Gasteiger partial charge in [-0.3, -0.25) is 4.79 Å². The van der Waals surface area contributed by atoms with E-state index < -0.39 is 11.6 Å². The first-order valence-corrected chi connectivity index (χ1v) is 5.39. The summed E-state index contributed by atoms with van der Waals surface area (Å²) in [5, 5.41) is 0. The van der Waals surface area contributed by atoms with Crippen LogP contribution in [-0.2, 0) is 4.79 Å². The summed E-state index contributed by atoms with van der Waals surface area (Å²) in [6.07, 6.45) is 0.726. The Bertz CT molecular complexity index is 407. The van der Waals surface area contributed by atoms with E-state index in [2.05, 4.69) is 0 Å². The lowest BCUT2D eigenvalue weighted by Crippen LogP contribution is -2.28. The Balaban J connectivity index is 2.77. The van der Waals surface area contributed by atoms with E-state index in [-0.39, 0.29) is 24.1 Å². The van der Waals surface area contributed by atoms with Gasteiger partial charge in [0.25, 0.3) is 0 Å². The Hall–Kier alpha value is -1.49. The van der Waals surface area contributed by atoms with Crippen molar-refractivity contribution in [2.75, 3.05) is 11.9 Å². The Morgan fingerprint density at radius 2 is 2.12 bits per heavy atom. The molecule has 0 heterocycles.